The van der Waals surface area contributed by atoms with Crippen molar-refractivity contribution >= 4 is 60.9 Å². The van der Waals surface area contributed by atoms with E-state index >= 15 is 0 Å². The molecular weight excluding hydrogens is 402 g/mol. The molecule has 5 aromatic carbocycles. The van der Waals surface area contributed by atoms with Gasteiger partial charge in [0.25, 0.3) is 0 Å². The molecule has 3 nitrogen and oxygen atoms in total. The van der Waals surface area contributed by atoms with E-state index in [1.54, 1.807) is 6.08 Å². The van der Waals surface area contributed by atoms with Gasteiger partial charge in [0.2, 0.25) is 0 Å². The molecule has 1 aliphatic rings. The second kappa shape index (κ2) is 6.50. The number of fused-ring (bicyclic) bond motifs is 7. The zero-order valence-electron chi connectivity index (χ0n) is 17.8. The highest BCUT2D eigenvalue weighted by Crippen LogP contribution is 2.36. The van der Waals surface area contributed by atoms with Gasteiger partial charge in [-0.25, -0.2) is 0 Å². The molecule has 0 fully saturated rings. The quantitative estimate of drug-likeness (QED) is 0.276. The van der Waals surface area contributed by atoms with E-state index < -0.39 is 0 Å². The second-order valence-electron chi connectivity index (χ2n) is 8.63. The maximum Gasteiger partial charge on any atom is 0.0873 e. The zero-order chi connectivity index (χ0) is 22.1. The third-order valence-corrected chi connectivity index (χ3v) is 6.78. The first-order valence-corrected chi connectivity index (χ1v) is 11.0. The molecule has 0 atom stereocenters. The van der Waals surface area contributed by atoms with Gasteiger partial charge >= 0.3 is 0 Å². The molecule has 0 spiro atoms. The standard InChI is InChI=1S/C30H19N3/c31-26-14-11-18-9-10-21-15-22(12-13-23(21)29(18)30(26)32)33-27-8-4-3-7-24(27)25-16-19-5-1-2-6-20(19)17-28(25)33/h1-17,31-32H. The van der Waals surface area contributed by atoms with Crippen LogP contribution in [0.15, 0.2) is 97.1 Å². The van der Waals surface area contributed by atoms with Gasteiger partial charge in [0.1, 0.15) is 0 Å². The van der Waals surface area contributed by atoms with Gasteiger partial charge in [-0.05, 0) is 63.5 Å². The molecule has 1 aliphatic carbocycles. The van der Waals surface area contributed by atoms with Crippen molar-refractivity contribution in [3.63, 3.8) is 0 Å². The van der Waals surface area contributed by atoms with Crippen LogP contribution in [0, 0.1) is 10.8 Å². The molecule has 33 heavy (non-hydrogen) atoms. The van der Waals surface area contributed by atoms with Crippen LogP contribution in [0.1, 0.15) is 11.1 Å². The number of hydrogen-bond acceptors (Lipinski definition) is 2. The number of rotatable bonds is 1. The number of allylic oxidation sites excluding steroid dienone is 1. The number of nitrogens with zero attached hydrogens (tertiary/aromatic N) is 1. The summed E-state index contributed by atoms with van der Waals surface area (Å²) < 4.78 is 2.34. The summed E-state index contributed by atoms with van der Waals surface area (Å²) in [5.41, 5.74) is 5.85. The fourth-order valence-electron chi connectivity index (χ4n) is 5.22. The molecule has 1 heterocycles. The normalized spacial score (nSPS) is 13.5. The molecule has 154 valence electrons. The van der Waals surface area contributed by atoms with Crippen LogP contribution in [-0.2, 0) is 0 Å². The van der Waals surface area contributed by atoms with Gasteiger partial charge in [-0.1, -0.05) is 66.7 Å². The average molecular weight is 422 g/mol. The molecule has 6 aromatic rings. The Bertz CT molecular complexity index is 1850. The van der Waals surface area contributed by atoms with Crippen molar-refractivity contribution in [3.8, 4) is 5.69 Å². The Kier molecular flexibility index (Phi) is 3.57. The van der Waals surface area contributed by atoms with Crippen LogP contribution in [-0.4, -0.2) is 16.0 Å². The van der Waals surface area contributed by atoms with Crippen LogP contribution in [0.3, 0.4) is 0 Å². The summed E-state index contributed by atoms with van der Waals surface area (Å²) in [6, 6.07) is 32.3. The summed E-state index contributed by atoms with van der Waals surface area (Å²) in [4.78, 5) is 0. The van der Waals surface area contributed by atoms with Crippen molar-refractivity contribution in [3.05, 3.63) is 108 Å². The Morgan fingerprint density at radius 3 is 2.21 bits per heavy atom. The fourth-order valence-corrected chi connectivity index (χ4v) is 5.22. The van der Waals surface area contributed by atoms with Crippen LogP contribution >= 0.6 is 0 Å². The predicted octanol–water partition coefficient (Wildman–Crippen LogP) is 7.50. The second-order valence-corrected chi connectivity index (χ2v) is 8.63. The molecule has 0 unspecified atom stereocenters. The van der Waals surface area contributed by atoms with Crippen LogP contribution in [0.4, 0.5) is 0 Å². The average Bonchev–Trinajstić information content (AvgIpc) is 3.17. The maximum absolute atomic E-state index is 8.46. The first kappa shape index (κ1) is 18.1. The van der Waals surface area contributed by atoms with Crippen LogP contribution in [0.5, 0.6) is 0 Å². The minimum absolute atomic E-state index is 0.258. The van der Waals surface area contributed by atoms with Crippen LogP contribution < -0.4 is 0 Å². The third kappa shape index (κ3) is 2.50. The van der Waals surface area contributed by atoms with Crippen molar-refractivity contribution in [2.24, 2.45) is 0 Å². The Balaban J connectivity index is 1.56. The van der Waals surface area contributed by atoms with Crippen LogP contribution in [0.2, 0.25) is 0 Å². The summed E-state index contributed by atoms with van der Waals surface area (Å²) >= 11 is 0. The lowest BCUT2D eigenvalue weighted by Gasteiger charge is -2.16. The van der Waals surface area contributed by atoms with Gasteiger partial charge in [0.05, 0.1) is 22.5 Å². The Morgan fingerprint density at radius 1 is 0.545 bits per heavy atom. The number of para-hydroxylation sites is 1. The van der Waals surface area contributed by atoms with E-state index in [-0.39, 0.29) is 11.4 Å². The van der Waals surface area contributed by atoms with E-state index in [9.17, 15) is 0 Å². The van der Waals surface area contributed by atoms with Crippen molar-refractivity contribution in [1.29, 1.82) is 10.8 Å². The molecule has 0 radical (unpaired) electrons. The van der Waals surface area contributed by atoms with E-state index in [1.807, 2.05) is 6.08 Å². The first-order valence-electron chi connectivity index (χ1n) is 11.0. The van der Waals surface area contributed by atoms with E-state index in [1.165, 1.54) is 32.6 Å². The van der Waals surface area contributed by atoms with E-state index in [0.29, 0.717) is 0 Å². The number of benzene rings is 5. The lowest BCUT2D eigenvalue weighted by molar-refractivity contribution is 1.19. The van der Waals surface area contributed by atoms with E-state index in [4.69, 9.17) is 10.8 Å². The lowest BCUT2D eigenvalue weighted by atomic mass is 9.89. The van der Waals surface area contributed by atoms with Gasteiger partial charge in [-0.3, -0.25) is 10.8 Å². The molecule has 0 saturated carbocycles. The summed E-state index contributed by atoms with van der Waals surface area (Å²) in [7, 11) is 0. The molecule has 0 aliphatic heterocycles. The SMILES string of the molecule is N=C1C=Cc2ccc3cc(-n4c5ccccc5c5cc6ccccc6cc54)ccc3c2C1=N. The van der Waals surface area contributed by atoms with E-state index in [2.05, 4.69) is 95.6 Å². The lowest BCUT2D eigenvalue weighted by Crippen LogP contribution is -2.16. The summed E-state index contributed by atoms with van der Waals surface area (Å²) in [6.07, 6.45) is 3.63. The molecule has 0 bridgehead atoms. The summed E-state index contributed by atoms with van der Waals surface area (Å²) in [6.45, 7) is 0. The highest BCUT2D eigenvalue weighted by molar-refractivity contribution is 6.53. The van der Waals surface area contributed by atoms with Gasteiger partial charge in [-0.15, -0.1) is 0 Å². The van der Waals surface area contributed by atoms with Crippen LogP contribution in [0.25, 0.3) is 55.1 Å². The number of hydrogen-bond donors (Lipinski definition) is 2. The summed E-state index contributed by atoms with van der Waals surface area (Å²) in [5, 5.41) is 23.6. The van der Waals surface area contributed by atoms with E-state index in [0.717, 1.165) is 27.6 Å². The molecule has 7 rings (SSSR count). The summed E-state index contributed by atoms with van der Waals surface area (Å²) in [5.74, 6) is 0. The first-order chi connectivity index (χ1) is 16.2. The Labute approximate surface area is 190 Å². The maximum atomic E-state index is 8.46. The highest BCUT2D eigenvalue weighted by Gasteiger charge is 2.19. The van der Waals surface area contributed by atoms with Crippen molar-refractivity contribution in [1.82, 2.24) is 4.57 Å². The molecule has 0 amide bonds. The fraction of sp³-hybridized carbons (Fsp3) is 0. The highest BCUT2D eigenvalue weighted by atomic mass is 15.0. The largest absolute Gasteiger partial charge is 0.309 e. The topological polar surface area (TPSA) is 52.6 Å². The minimum Gasteiger partial charge on any atom is -0.309 e. The number of nitrogens with one attached hydrogen (secondary N) is 2. The minimum atomic E-state index is 0.258. The molecule has 0 saturated heterocycles. The number of aromatic nitrogens is 1. The van der Waals surface area contributed by atoms with Gasteiger partial charge in [-0.2, -0.15) is 0 Å². The molecular formula is C30H19N3. The molecule has 3 heteroatoms. The smallest absolute Gasteiger partial charge is 0.0873 e. The van der Waals surface area contributed by atoms with Crippen molar-refractivity contribution in [2.75, 3.05) is 0 Å². The van der Waals surface area contributed by atoms with Gasteiger partial charge in [0, 0.05) is 22.0 Å². The Morgan fingerprint density at radius 2 is 1.33 bits per heavy atom. The van der Waals surface area contributed by atoms with Crippen molar-refractivity contribution < 1.29 is 0 Å². The predicted molar refractivity (Wildman–Crippen MR) is 139 cm³/mol. The monoisotopic (exact) mass is 421 g/mol. The molecule has 1 aromatic heterocycles. The Hall–Kier alpha value is -4.50. The van der Waals surface area contributed by atoms with Gasteiger partial charge in [0.15, 0.2) is 0 Å². The van der Waals surface area contributed by atoms with Gasteiger partial charge < -0.3 is 4.57 Å². The zero-order valence-corrected chi connectivity index (χ0v) is 17.8. The molecule has 2 N–H and O–H groups in total. The third-order valence-electron chi connectivity index (χ3n) is 6.78. The van der Waals surface area contributed by atoms with Crippen molar-refractivity contribution in [2.45, 2.75) is 0 Å².